The van der Waals surface area contributed by atoms with Crippen LogP contribution in [0.4, 0.5) is 11.4 Å². The number of benzene rings is 1. The van der Waals surface area contributed by atoms with Gasteiger partial charge >= 0.3 is 0 Å². The third kappa shape index (κ3) is 5.78. The highest BCUT2D eigenvalue weighted by Crippen LogP contribution is 2.65. The average molecular weight is 637 g/mol. The number of aliphatic hydroxyl groups excluding tert-OH is 1. The molecule has 1 spiro atoms. The molecule has 1 aromatic carbocycles. The van der Waals surface area contributed by atoms with Gasteiger partial charge in [0.15, 0.2) is 0 Å². The van der Waals surface area contributed by atoms with Gasteiger partial charge in [0.05, 0.1) is 30.1 Å². The van der Waals surface area contributed by atoms with Crippen LogP contribution < -0.4 is 9.80 Å². The van der Waals surface area contributed by atoms with E-state index < -0.39 is 35.1 Å². The Morgan fingerprint density at radius 2 is 1.65 bits per heavy atom. The molecule has 9 heteroatoms. The number of nitrogens with zero attached hydrogens (tertiary/aromatic N) is 4. The minimum atomic E-state index is -1.18. The third-order valence-electron chi connectivity index (χ3n) is 11.0. The average Bonchev–Trinajstić information content (AvgIpc) is 3.68. The third-order valence-corrected chi connectivity index (χ3v) is 11.0. The van der Waals surface area contributed by atoms with Gasteiger partial charge in [0, 0.05) is 44.1 Å². The van der Waals surface area contributed by atoms with Crippen molar-refractivity contribution in [3.05, 3.63) is 49.6 Å². The number of anilines is 2. The molecule has 0 aromatic heterocycles. The van der Waals surface area contributed by atoms with E-state index in [0.29, 0.717) is 44.5 Å². The molecule has 0 aliphatic carbocycles. The van der Waals surface area contributed by atoms with Gasteiger partial charge in [-0.05, 0) is 69.7 Å². The molecule has 0 radical (unpaired) electrons. The summed E-state index contributed by atoms with van der Waals surface area (Å²) in [5.41, 5.74) is -0.261. The second kappa shape index (κ2) is 14.7. The maximum Gasteiger partial charge on any atom is 0.253 e. The zero-order chi connectivity index (χ0) is 33.8. The lowest BCUT2D eigenvalue weighted by Crippen LogP contribution is -2.60. The van der Waals surface area contributed by atoms with Gasteiger partial charge in [-0.25, -0.2) is 0 Å². The molecule has 3 aliphatic heterocycles. The van der Waals surface area contributed by atoms with E-state index in [1.807, 2.05) is 52.0 Å². The number of likely N-dealkylation sites (tertiary alicyclic amines) is 1. The number of ether oxygens (including phenoxy) is 1. The molecule has 1 aromatic rings. The lowest BCUT2D eigenvalue weighted by molar-refractivity contribution is -0.154. The van der Waals surface area contributed by atoms with Crippen LogP contribution in [-0.2, 0) is 19.1 Å². The summed E-state index contributed by atoms with van der Waals surface area (Å²) in [6.45, 7) is 22.7. The SMILES string of the molecule is C=CCN(CCC)C(=O)[C@@H]1[C@H]2C(=O)N([C@@H](CO)[C@@H](C)CC)C(C(=O)N(CC=C)c3ccc(N(CC)CC)cc3)C23CC[C@@]1(CC)O3. The largest absolute Gasteiger partial charge is 0.394 e. The van der Waals surface area contributed by atoms with Gasteiger partial charge in [0.1, 0.15) is 11.6 Å². The van der Waals surface area contributed by atoms with Gasteiger partial charge in [-0.2, -0.15) is 0 Å². The van der Waals surface area contributed by atoms with Gasteiger partial charge in [0.25, 0.3) is 5.91 Å². The molecule has 4 rings (SSSR count). The smallest absolute Gasteiger partial charge is 0.253 e. The number of fused-ring (bicyclic) bond motifs is 1. The van der Waals surface area contributed by atoms with Gasteiger partial charge in [-0.15, -0.1) is 13.2 Å². The van der Waals surface area contributed by atoms with Crippen LogP contribution in [-0.4, -0.2) is 95.2 Å². The summed E-state index contributed by atoms with van der Waals surface area (Å²) >= 11 is 0. The summed E-state index contributed by atoms with van der Waals surface area (Å²) in [5.74, 6) is -2.27. The number of carbonyl (C=O) groups is 3. The minimum Gasteiger partial charge on any atom is -0.394 e. The molecule has 2 bridgehead atoms. The summed E-state index contributed by atoms with van der Waals surface area (Å²) in [4.78, 5) is 51.7. The number of rotatable bonds is 17. The Labute approximate surface area is 276 Å². The van der Waals surface area contributed by atoms with Gasteiger partial charge in [-0.3, -0.25) is 14.4 Å². The topological polar surface area (TPSA) is 93.6 Å². The quantitative estimate of drug-likeness (QED) is 0.241. The number of amides is 3. The fourth-order valence-corrected chi connectivity index (χ4v) is 8.43. The van der Waals surface area contributed by atoms with Crippen LogP contribution in [0.25, 0.3) is 0 Å². The first-order valence-corrected chi connectivity index (χ1v) is 17.4. The van der Waals surface area contributed by atoms with Crippen LogP contribution in [0.15, 0.2) is 49.6 Å². The highest BCUT2D eigenvalue weighted by Gasteiger charge is 2.79. The summed E-state index contributed by atoms with van der Waals surface area (Å²) < 4.78 is 7.05. The Kier molecular flexibility index (Phi) is 11.4. The Balaban J connectivity index is 1.86. The van der Waals surface area contributed by atoms with E-state index in [1.165, 1.54) is 0 Å². The van der Waals surface area contributed by atoms with Crippen molar-refractivity contribution in [1.29, 1.82) is 0 Å². The molecule has 1 N–H and O–H groups in total. The van der Waals surface area contributed by atoms with Crippen molar-refractivity contribution in [3.8, 4) is 0 Å². The maximum absolute atomic E-state index is 15.1. The Morgan fingerprint density at radius 1 is 1.02 bits per heavy atom. The lowest BCUT2D eigenvalue weighted by atomic mass is 9.64. The first-order valence-electron chi connectivity index (χ1n) is 17.4. The van der Waals surface area contributed by atoms with E-state index in [0.717, 1.165) is 25.2 Å². The van der Waals surface area contributed by atoms with Gasteiger partial charge in [-0.1, -0.05) is 46.3 Å². The standard InChI is InChI=1S/C37H56N4O5/c1-9-22-39(23-10-2)33(43)30-31-34(44)41(29(25-42)26(8)12-4)32(37(31)21-20-36(30,13-5)46-37)35(45)40(24-11-3)28-18-16-27(17-19-28)38(14-6)15-7/h9,11,16-19,26,29-32,42H,1,3,10,12-15,20-25H2,2,4-8H3/t26-,29-,30-,31-,32?,36+,37?/m0/s1. The van der Waals surface area contributed by atoms with E-state index in [2.05, 4.69) is 31.9 Å². The van der Waals surface area contributed by atoms with Crippen molar-refractivity contribution in [1.82, 2.24) is 9.80 Å². The predicted octanol–water partition coefficient (Wildman–Crippen LogP) is 5.04. The van der Waals surface area contributed by atoms with Crippen molar-refractivity contribution >= 4 is 29.1 Å². The van der Waals surface area contributed by atoms with Crippen molar-refractivity contribution in [3.63, 3.8) is 0 Å². The molecular formula is C37H56N4O5. The zero-order valence-corrected chi connectivity index (χ0v) is 28.9. The van der Waals surface area contributed by atoms with Crippen LogP contribution >= 0.6 is 0 Å². The highest BCUT2D eigenvalue weighted by molar-refractivity contribution is 6.05. The molecule has 254 valence electrons. The van der Waals surface area contributed by atoms with Crippen LogP contribution in [0.1, 0.15) is 73.6 Å². The summed E-state index contributed by atoms with van der Waals surface area (Å²) in [5, 5.41) is 10.8. The highest BCUT2D eigenvalue weighted by atomic mass is 16.5. The molecule has 3 saturated heterocycles. The normalized spacial score (nSPS) is 27.7. The van der Waals surface area contributed by atoms with E-state index >= 15 is 4.79 Å². The van der Waals surface area contributed by atoms with Gasteiger partial charge < -0.3 is 29.4 Å². The number of aliphatic hydroxyl groups is 1. The Morgan fingerprint density at radius 3 is 2.17 bits per heavy atom. The molecule has 2 unspecified atom stereocenters. The zero-order valence-electron chi connectivity index (χ0n) is 28.9. The molecular weight excluding hydrogens is 580 g/mol. The molecule has 3 aliphatic rings. The monoisotopic (exact) mass is 636 g/mol. The number of carbonyl (C=O) groups excluding carboxylic acids is 3. The first-order chi connectivity index (χ1) is 22.1. The molecule has 3 amide bonds. The van der Waals surface area contributed by atoms with Crippen LogP contribution in [0.5, 0.6) is 0 Å². The van der Waals surface area contributed by atoms with Crippen LogP contribution in [0.2, 0.25) is 0 Å². The van der Waals surface area contributed by atoms with Crippen molar-refractivity contribution in [2.75, 3.05) is 49.1 Å². The summed E-state index contributed by atoms with van der Waals surface area (Å²) in [7, 11) is 0. The van der Waals surface area contributed by atoms with Crippen molar-refractivity contribution in [2.24, 2.45) is 17.8 Å². The van der Waals surface area contributed by atoms with Crippen LogP contribution in [0, 0.1) is 17.8 Å². The predicted molar refractivity (Wildman–Crippen MR) is 184 cm³/mol. The van der Waals surface area contributed by atoms with E-state index in [4.69, 9.17) is 4.74 Å². The number of hydrogen-bond donors (Lipinski definition) is 1. The second-order valence-corrected chi connectivity index (χ2v) is 13.2. The van der Waals surface area contributed by atoms with Crippen LogP contribution in [0.3, 0.4) is 0 Å². The lowest BCUT2D eigenvalue weighted by Gasteiger charge is -2.41. The number of hydrogen-bond acceptors (Lipinski definition) is 6. The summed E-state index contributed by atoms with van der Waals surface area (Å²) in [6, 6.07) is 6.31. The van der Waals surface area contributed by atoms with E-state index in [9.17, 15) is 14.7 Å². The fourth-order valence-electron chi connectivity index (χ4n) is 8.43. The van der Waals surface area contributed by atoms with Crippen molar-refractivity contribution < 1.29 is 24.2 Å². The van der Waals surface area contributed by atoms with E-state index in [-0.39, 0.29) is 36.8 Å². The Hall–Kier alpha value is -3.17. The van der Waals surface area contributed by atoms with Crippen molar-refractivity contribution in [2.45, 2.75) is 96.9 Å². The second-order valence-electron chi connectivity index (χ2n) is 13.2. The summed E-state index contributed by atoms with van der Waals surface area (Å²) in [6.07, 6.45) is 6.52. The molecule has 9 nitrogen and oxygen atoms in total. The molecule has 3 heterocycles. The molecule has 3 fully saturated rings. The molecule has 0 saturated carbocycles. The molecule has 46 heavy (non-hydrogen) atoms. The Bertz CT molecular complexity index is 1260. The van der Waals surface area contributed by atoms with Gasteiger partial charge in [0.2, 0.25) is 11.8 Å². The van der Waals surface area contributed by atoms with E-state index in [1.54, 1.807) is 26.9 Å². The maximum atomic E-state index is 15.1. The fraction of sp³-hybridized carbons (Fsp3) is 0.649. The molecule has 7 atom stereocenters. The first kappa shape index (κ1) is 35.7. The minimum absolute atomic E-state index is 0.0791.